The van der Waals surface area contributed by atoms with Crippen LogP contribution in [-0.4, -0.2) is 49.2 Å². The Morgan fingerprint density at radius 1 is 0.935 bits per heavy atom. The van der Waals surface area contributed by atoms with Gasteiger partial charge in [-0.1, -0.05) is 32.0 Å². The molecule has 1 rings (SSSR count). The fourth-order valence-electron chi connectivity index (χ4n) is 2.66. The van der Waals surface area contributed by atoms with Gasteiger partial charge in [-0.05, 0) is 51.7 Å². The van der Waals surface area contributed by atoms with Crippen molar-refractivity contribution in [3.05, 3.63) is 29.8 Å². The van der Waals surface area contributed by atoms with Crippen molar-refractivity contribution in [2.45, 2.75) is 72.0 Å². The van der Waals surface area contributed by atoms with Crippen LogP contribution in [-0.2, 0) is 14.3 Å². The summed E-state index contributed by atoms with van der Waals surface area (Å²) in [6, 6.07) is 7.70. The van der Waals surface area contributed by atoms with E-state index >= 15 is 0 Å². The number of ether oxygens (including phenoxy) is 2. The third-order valence-corrected chi connectivity index (χ3v) is 4.21. The lowest BCUT2D eigenvalue weighted by Crippen LogP contribution is -2.38. The molecule has 8 nitrogen and oxygen atoms in total. The van der Waals surface area contributed by atoms with E-state index in [9.17, 15) is 14.4 Å². The molecular weight excluding hydrogens is 398 g/mol. The number of para-hydroxylation sites is 1. The van der Waals surface area contributed by atoms with Crippen LogP contribution in [0.1, 0.15) is 65.9 Å². The van der Waals surface area contributed by atoms with E-state index in [-0.39, 0.29) is 24.8 Å². The first-order valence-corrected chi connectivity index (χ1v) is 10.8. The molecule has 0 saturated carbocycles. The fraction of sp³-hybridized carbons (Fsp3) is 0.609. The average molecular weight is 436 g/mol. The Hall–Kier alpha value is -2.77. The molecule has 8 heteroatoms. The molecule has 0 heterocycles. The number of rotatable bonds is 11. The van der Waals surface area contributed by atoms with E-state index in [1.54, 1.807) is 27.7 Å². The van der Waals surface area contributed by atoms with Crippen LogP contribution >= 0.6 is 0 Å². The molecule has 3 N–H and O–H groups in total. The Labute approximate surface area is 185 Å². The summed E-state index contributed by atoms with van der Waals surface area (Å²) in [6.07, 6.45) is -0.415. The predicted octanol–water partition coefficient (Wildman–Crippen LogP) is 3.11. The number of hydrogen-bond donors (Lipinski definition) is 3. The highest BCUT2D eigenvalue weighted by Crippen LogP contribution is 2.26. The molecule has 1 atom stereocenters. The molecule has 31 heavy (non-hydrogen) atoms. The molecule has 3 amide bonds. The molecule has 0 aromatic heterocycles. The molecule has 0 aliphatic heterocycles. The van der Waals surface area contributed by atoms with Gasteiger partial charge in [0.15, 0.2) is 6.10 Å². The van der Waals surface area contributed by atoms with Gasteiger partial charge in [-0.15, -0.1) is 0 Å². The number of nitrogens with one attached hydrogen (secondary N) is 3. The standard InChI is InChI=1S/C23H37N3O5/c1-16(2)18-10-7-8-11-19(18)30-17(3)21(28)25-14-9-13-24-20(27)12-15-26-22(29)31-23(4,5)6/h7-8,10-11,16-17H,9,12-15H2,1-6H3,(H,24,27)(H,25,28)(H,26,29). The van der Waals surface area contributed by atoms with Gasteiger partial charge >= 0.3 is 6.09 Å². The van der Waals surface area contributed by atoms with Gasteiger partial charge < -0.3 is 25.4 Å². The van der Waals surface area contributed by atoms with Crippen LogP contribution in [0.2, 0.25) is 0 Å². The van der Waals surface area contributed by atoms with Gasteiger partial charge in [0.05, 0.1) is 0 Å². The second-order valence-electron chi connectivity index (χ2n) is 8.63. The smallest absolute Gasteiger partial charge is 0.407 e. The maximum Gasteiger partial charge on any atom is 0.407 e. The summed E-state index contributed by atoms with van der Waals surface area (Å²) in [4.78, 5) is 35.6. The Morgan fingerprint density at radius 3 is 2.23 bits per heavy atom. The molecule has 174 valence electrons. The third kappa shape index (κ3) is 11.3. The summed E-state index contributed by atoms with van der Waals surface area (Å²) in [5, 5.41) is 8.11. The van der Waals surface area contributed by atoms with Crippen LogP contribution < -0.4 is 20.7 Å². The van der Waals surface area contributed by atoms with Crippen LogP contribution in [0.25, 0.3) is 0 Å². The van der Waals surface area contributed by atoms with Gasteiger partial charge in [0.2, 0.25) is 5.91 Å². The first-order chi connectivity index (χ1) is 14.5. The quantitative estimate of drug-likeness (QED) is 0.463. The normalized spacial score (nSPS) is 12.1. The number of amides is 3. The molecule has 0 spiro atoms. The van der Waals surface area contributed by atoms with Gasteiger partial charge in [-0.2, -0.15) is 0 Å². The minimum atomic E-state index is -0.617. The Balaban J connectivity index is 2.20. The monoisotopic (exact) mass is 435 g/mol. The number of hydrogen-bond acceptors (Lipinski definition) is 5. The number of carbonyl (C=O) groups excluding carboxylic acids is 3. The maximum absolute atomic E-state index is 12.3. The summed E-state index contributed by atoms with van der Waals surface area (Å²) in [6.45, 7) is 12.2. The molecule has 1 unspecified atom stereocenters. The number of alkyl carbamates (subject to hydrolysis) is 1. The van der Waals surface area contributed by atoms with E-state index in [1.165, 1.54) is 0 Å². The summed E-state index contributed by atoms with van der Waals surface area (Å²) >= 11 is 0. The summed E-state index contributed by atoms with van der Waals surface area (Å²) in [5.41, 5.74) is 0.489. The second-order valence-corrected chi connectivity index (χ2v) is 8.63. The minimum absolute atomic E-state index is 0.158. The lowest BCUT2D eigenvalue weighted by Gasteiger charge is -2.19. The van der Waals surface area contributed by atoms with Gasteiger partial charge in [0.1, 0.15) is 11.4 Å². The van der Waals surface area contributed by atoms with Crippen molar-refractivity contribution in [1.82, 2.24) is 16.0 Å². The van der Waals surface area contributed by atoms with Crippen molar-refractivity contribution in [2.75, 3.05) is 19.6 Å². The molecule has 0 saturated heterocycles. The second kappa shape index (κ2) is 12.8. The molecule has 0 aliphatic rings. The van der Waals surface area contributed by atoms with Gasteiger partial charge in [0.25, 0.3) is 5.91 Å². The Morgan fingerprint density at radius 2 is 1.58 bits per heavy atom. The van der Waals surface area contributed by atoms with Gasteiger partial charge in [-0.25, -0.2) is 4.79 Å². The summed E-state index contributed by atoms with van der Waals surface area (Å²) in [5.74, 6) is 0.637. The average Bonchev–Trinajstić information content (AvgIpc) is 2.66. The summed E-state index contributed by atoms with van der Waals surface area (Å²) < 4.78 is 10.9. The Bertz CT molecular complexity index is 728. The van der Waals surface area contributed by atoms with Crippen LogP contribution in [0, 0.1) is 0 Å². The van der Waals surface area contributed by atoms with Crippen LogP contribution in [0.3, 0.4) is 0 Å². The van der Waals surface area contributed by atoms with Gasteiger partial charge in [-0.3, -0.25) is 9.59 Å². The van der Waals surface area contributed by atoms with Crippen LogP contribution in [0.15, 0.2) is 24.3 Å². The fourth-order valence-corrected chi connectivity index (χ4v) is 2.66. The topological polar surface area (TPSA) is 106 Å². The van der Waals surface area contributed by atoms with Crippen molar-refractivity contribution >= 4 is 17.9 Å². The first-order valence-electron chi connectivity index (χ1n) is 10.8. The number of carbonyl (C=O) groups is 3. The SMILES string of the molecule is CC(Oc1ccccc1C(C)C)C(=O)NCCCNC(=O)CCNC(=O)OC(C)(C)C. The molecule has 1 aromatic carbocycles. The predicted molar refractivity (Wildman–Crippen MR) is 120 cm³/mol. The highest BCUT2D eigenvalue weighted by molar-refractivity contribution is 5.80. The van der Waals surface area contributed by atoms with E-state index in [2.05, 4.69) is 29.8 Å². The molecular formula is C23H37N3O5. The zero-order valence-corrected chi connectivity index (χ0v) is 19.5. The molecule has 1 aromatic rings. The van der Waals surface area contributed by atoms with Crippen LogP contribution in [0.4, 0.5) is 4.79 Å². The van der Waals surface area contributed by atoms with Crippen molar-refractivity contribution in [3.8, 4) is 5.75 Å². The van der Waals surface area contributed by atoms with E-state index in [0.29, 0.717) is 31.2 Å². The van der Waals surface area contributed by atoms with Crippen LogP contribution in [0.5, 0.6) is 5.75 Å². The zero-order chi connectivity index (χ0) is 23.4. The van der Waals surface area contributed by atoms with Crippen molar-refractivity contribution in [2.24, 2.45) is 0 Å². The lowest BCUT2D eigenvalue weighted by molar-refractivity contribution is -0.127. The lowest BCUT2D eigenvalue weighted by atomic mass is 10.0. The summed E-state index contributed by atoms with van der Waals surface area (Å²) in [7, 11) is 0. The number of benzene rings is 1. The van der Waals surface area contributed by atoms with Crippen molar-refractivity contribution in [1.29, 1.82) is 0 Å². The molecule has 0 fully saturated rings. The van der Waals surface area contributed by atoms with E-state index < -0.39 is 17.8 Å². The van der Waals surface area contributed by atoms with E-state index in [1.807, 2.05) is 24.3 Å². The van der Waals surface area contributed by atoms with E-state index in [4.69, 9.17) is 9.47 Å². The zero-order valence-electron chi connectivity index (χ0n) is 19.5. The van der Waals surface area contributed by atoms with E-state index in [0.717, 1.165) is 5.56 Å². The first kappa shape index (κ1) is 26.3. The highest BCUT2D eigenvalue weighted by Gasteiger charge is 2.17. The molecule has 0 aliphatic carbocycles. The maximum atomic E-state index is 12.3. The largest absolute Gasteiger partial charge is 0.481 e. The highest BCUT2D eigenvalue weighted by atomic mass is 16.6. The minimum Gasteiger partial charge on any atom is -0.481 e. The molecule has 0 radical (unpaired) electrons. The van der Waals surface area contributed by atoms with Gasteiger partial charge in [0, 0.05) is 26.1 Å². The van der Waals surface area contributed by atoms with Crippen molar-refractivity contribution in [3.63, 3.8) is 0 Å². The third-order valence-electron chi connectivity index (χ3n) is 4.21. The molecule has 0 bridgehead atoms. The van der Waals surface area contributed by atoms with Crippen molar-refractivity contribution < 1.29 is 23.9 Å². The Kier molecular flexibility index (Phi) is 10.9.